The molecule has 7 heteroatoms. The highest BCUT2D eigenvalue weighted by Gasteiger charge is 2.10. The lowest BCUT2D eigenvalue weighted by Gasteiger charge is -2.10. The van der Waals surface area contributed by atoms with Crippen LogP contribution in [0.4, 0.5) is 5.95 Å². The monoisotopic (exact) mass is 279 g/mol. The Balaban J connectivity index is 1.94. The number of hydrogen-bond donors (Lipinski definition) is 1. The van der Waals surface area contributed by atoms with Crippen molar-refractivity contribution in [2.45, 2.75) is 0 Å². The summed E-state index contributed by atoms with van der Waals surface area (Å²) in [6, 6.07) is 6.07. The Hall–Kier alpha value is -2.96. The lowest BCUT2D eigenvalue weighted by Crippen LogP contribution is -2.12. The van der Waals surface area contributed by atoms with E-state index >= 15 is 0 Å². The zero-order valence-corrected chi connectivity index (χ0v) is 11.6. The summed E-state index contributed by atoms with van der Waals surface area (Å²) in [4.78, 5) is 15.1. The van der Waals surface area contributed by atoms with Gasteiger partial charge in [0.1, 0.15) is 11.8 Å². The molecule has 0 spiro atoms. The number of fused-ring (bicyclic) bond motifs is 2. The first-order valence-corrected chi connectivity index (χ1v) is 6.53. The Bertz CT molecular complexity index is 935. The first-order valence-electron chi connectivity index (χ1n) is 6.53. The third-order valence-corrected chi connectivity index (χ3v) is 3.38. The van der Waals surface area contributed by atoms with Crippen LogP contribution in [0.15, 0.2) is 36.9 Å². The Morgan fingerprint density at radius 3 is 2.90 bits per heavy atom. The summed E-state index contributed by atoms with van der Waals surface area (Å²) in [6.45, 7) is 0. The van der Waals surface area contributed by atoms with Crippen LogP contribution in [-0.4, -0.2) is 43.8 Å². The van der Waals surface area contributed by atoms with Crippen LogP contribution >= 0.6 is 0 Å². The predicted octanol–water partition coefficient (Wildman–Crippen LogP) is 1.76. The van der Waals surface area contributed by atoms with Gasteiger partial charge in [0.25, 0.3) is 0 Å². The van der Waals surface area contributed by atoms with Crippen molar-refractivity contribution in [3.8, 4) is 5.69 Å². The average Bonchev–Trinajstić information content (AvgIpc) is 3.12. The van der Waals surface area contributed by atoms with E-state index in [2.05, 4.69) is 25.1 Å². The van der Waals surface area contributed by atoms with Gasteiger partial charge in [-0.1, -0.05) is 0 Å². The van der Waals surface area contributed by atoms with E-state index in [1.165, 1.54) is 0 Å². The van der Waals surface area contributed by atoms with Crippen LogP contribution in [0.5, 0.6) is 0 Å². The van der Waals surface area contributed by atoms with Gasteiger partial charge in [0.2, 0.25) is 5.95 Å². The Morgan fingerprint density at radius 2 is 2.05 bits per heavy atom. The van der Waals surface area contributed by atoms with E-state index in [-0.39, 0.29) is 0 Å². The number of aromatic amines is 1. The highest BCUT2D eigenvalue weighted by atomic mass is 15.2. The third-order valence-electron chi connectivity index (χ3n) is 3.38. The molecule has 3 aromatic heterocycles. The Morgan fingerprint density at radius 1 is 1.14 bits per heavy atom. The van der Waals surface area contributed by atoms with E-state index in [0.717, 1.165) is 27.8 Å². The van der Waals surface area contributed by atoms with Crippen molar-refractivity contribution in [1.29, 1.82) is 0 Å². The standard InChI is InChI=1S/C14H13N7/c1-20(2)14-15-7-12-13(18-14)21(8-16-12)10-4-3-9-6-17-19-11(9)5-10/h3-8H,1-2H3,(H,17,19). The molecule has 0 fully saturated rings. The molecule has 0 unspecified atom stereocenters. The first kappa shape index (κ1) is 11.8. The van der Waals surface area contributed by atoms with Crippen molar-refractivity contribution >= 4 is 28.0 Å². The molecule has 4 aromatic rings. The molecule has 0 aliphatic carbocycles. The van der Waals surface area contributed by atoms with Crippen LogP contribution in [-0.2, 0) is 0 Å². The summed E-state index contributed by atoms with van der Waals surface area (Å²) >= 11 is 0. The second-order valence-corrected chi connectivity index (χ2v) is 5.03. The predicted molar refractivity (Wildman–Crippen MR) is 80.6 cm³/mol. The fraction of sp³-hybridized carbons (Fsp3) is 0.143. The minimum atomic E-state index is 0.659. The number of imidazole rings is 1. The van der Waals surface area contributed by atoms with Crippen LogP contribution in [0, 0.1) is 0 Å². The SMILES string of the molecule is CN(C)c1ncc2ncn(-c3ccc4cn[nH]c4c3)c2n1. The number of benzene rings is 1. The minimum absolute atomic E-state index is 0.659. The van der Waals surface area contributed by atoms with Gasteiger partial charge in [0.15, 0.2) is 5.65 Å². The number of rotatable bonds is 2. The van der Waals surface area contributed by atoms with Crippen LogP contribution in [0.3, 0.4) is 0 Å². The molecule has 0 atom stereocenters. The summed E-state index contributed by atoms with van der Waals surface area (Å²) in [7, 11) is 3.83. The molecule has 0 radical (unpaired) electrons. The summed E-state index contributed by atoms with van der Waals surface area (Å²) in [5.41, 5.74) is 3.52. The molecular weight excluding hydrogens is 266 g/mol. The van der Waals surface area contributed by atoms with Gasteiger partial charge in [-0.3, -0.25) is 9.67 Å². The molecular formula is C14H13N7. The maximum absolute atomic E-state index is 4.57. The van der Waals surface area contributed by atoms with Gasteiger partial charge in [0.05, 0.1) is 23.6 Å². The molecule has 0 bridgehead atoms. The van der Waals surface area contributed by atoms with E-state index in [1.807, 2.05) is 41.8 Å². The number of anilines is 1. The number of nitrogens with zero attached hydrogens (tertiary/aromatic N) is 6. The molecule has 0 aliphatic heterocycles. The van der Waals surface area contributed by atoms with Gasteiger partial charge in [0, 0.05) is 19.5 Å². The lowest BCUT2D eigenvalue weighted by atomic mass is 10.2. The van der Waals surface area contributed by atoms with Crippen molar-refractivity contribution in [1.82, 2.24) is 29.7 Å². The number of aromatic nitrogens is 6. The zero-order valence-electron chi connectivity index (χ0n) is 11.6. The van der Waals surface area contributed by atoms with Crippen LogP contribution in [0.1, 0.15) is 0 Å². The highest BCUT2D eigenvalue weighted by Crippen LogP contribution is 2.20. The molecule has 0 amide bonds. The molecule has 104 valence electrons. The normalized spacial score (nSPS) is 11.3. The maximum atomic E-state index is 4.57. The lowest BCUT2D eigenvalue weighted by molar-refractivity contribution is 0.994. The molecule has 0 saturated heterocycles. The van der Waals surface area contributed by atoms with Crippen LogP contribution in [0.2, 0.25) is 0 Å². The topological polar surface area (TPSA) is 75.5 Å². The van der Waals surface area contributed by atoms with Gasteiger partial charge < -0.3 is 4.90 Å². The van der Waals surface area contributed by atoms with Crippen molar-refractivity contribution in [2.75, 3.05) is 19.0 Å². The molecule has 7 nitrogen and oxygen atoms in total. The zero-order chi connectivity index (χ0) is 14.4. The van der Waals surface area contributed by atoms with Gasteiger partial charge in [-0.25, -0.2) is 9.97 Å². The van der Waals surface area contributed by atoms with Gasteiger partial charge in [-0.2, -0.15) is 10.1 Å². The Kier molecular flexibility index (Phi) is 2.41. The third kappa shape index (κ3) is 1.82. The van der Waals surface area contributed by atoms with E-state index in [4.69, 9.17) is 0 Å². The first-order chi connectivity index (χ1) is 10.2. The average molecular weight is 279 g/mol. The molecule has 0 aliphatic rings. The van der Waals surface area contributed by atoms with Gasteiger partial charge >= 0.3 is 0 Å². The van der Waals surface area contributed by atoms with Gasteiger partial charge in [-0.15, -0.1) is 0 Å². The molecule has 21 heavy (non-hydrogen) atoms. The summed E-state index contributed by atoms with van der Waals surface area (Å²) in [5, 5.41) is 8.09. The van der Waals surface area contributed by atoms with E-state index < -0.39 is 0 Å². The smallest absolute Gasteiger partial charge is 0.226 e. The quantitative estimate of drug-likeness (QED) is 0.605. The fourth-order valence-corrected chi connectivity index (χ4v) is 2.28. The van der Waals surface area contributed by atoms with E-state index in [1.54, 1.807) is 18.7 Å². The van der Waals surface area contributed by atoms with Gasteiger partial charge in [-0.05, 0) is 18.2 Å². The molecule has 1 aromatic carbocycles. The van der Waals surface area contributed by atoms with Crippen molar-refractivity contribution in [3.05, 3.63) is 36.9 Å². The minimum Gasteiger partial charge on any atom is -0.347 e. The Labute approximate surface area is 120 Å². The maximum Gasteiger partial charge on any atom is 0.226 e. The number of H-pyrrole nitrogens is 1. The molecule has 0 saturated carbocycles. The number of hydrogen-bond acceptors (Lipinski definition) is 5. The molecule has 1 N–H and O–H groups in total. The van der Waals surface area contributed by atoms with Crippen molar-refractivity contribution < 1.29 is 0 Å². The fourth-order valence-electron chi connectivity index (χ4n) is 2.28. The molecule has 3 heterocycles. The summed E-state index contributed by atoms with van der Waals surface area (Å²) in [5.74, 6) is 0.659. The second kappa shape index (κ2) is 4.27. The second-order valence-electron chi connectivity index (χ2n) is 5.03. The van der Waals surface area contributed by atoms with E-state index in [0.29, 0.717) is 5.95 Å². The highest BCUT2D eigenvalue weighted by molar-refractivity contribution is 5.81. The van der Waals surface area contributed by atoms with Crippen molar-refractivity contribution in [3.63, 3.8) is 0 Å². The molecule has 4 rings (SSSR count). The van der Waals surface area contributed by atoms with Crippen LogP contribution < -0.4 is 4.90 Å². The van der Waals surface area contributed by atoms with Crippen molar-refractivity contribution in [2.24, 2.45) is 0 Å². The van der Waals surface area contributed by atoms with Crippen LogP contribution in [0.25, 0.3) is 27.8 Å². The van der Waals surface area contributed by atoms with E-state index in [9.17, 15) is 0 Å². The number of nitrogens with one attached hydrogen (secondary N) is 1. The largest absolute Gasteiger partial charge is 0.347 e. The summed E-state index contributed by atoms with van der Waals surface area (Å²) < 4.78 is 1.95. The summed E-state index contributed by atoms with van der Waals surface area (Å²) in [6.07, 6.45) is 5.30.